The molecule has 3 saturated carbocycles. The lowest BCUT2D eigenvalue weighted by Crippen LogP contribution is -2.47. The highest BCUT2D eigenvalue weighted by molar-refractivity contribution is 5.83. The summed E-state index contributed by atoms with van der Waals surface area (Å²) < 4.78 is 0. The van der Waals surface area contributed by atoms with Crippen molar-refractivity contribution in [2.45, 2.75) is 38.1 Å². The van der Waals surface area contributed by atoms with Crippen molar-refractivity contribution in [3.05, 3.63) is 0 Å². The molecule has 5 atom stereocenters. The average Bonchev–Trinajstić information content (AvgIpc) is 2.85. The molecule has 4 rings (SSSR count). The third kappa shape index (κ3) is 1.49. The lowest BCUT2D eigenvalue weighted by Gasteiger charge is -2.32. The largest absolute Gasteiger partial charge is 0.341 e. The van der Waals surface area contributed by atoms with Crippen LogP contribution in [0.1, 0.15) is 32.1 Å². The van der Waals surface area contributed by atoms with Crippen molar-refractivity contribution in [2.75, 3.05) is 20.1 Å². The zero-order chi connectivity index (χ0) is 12.3. The van der Waals surface area contributed by atoms with Crippen LogP contribution in [0.5, 0.6) is 0 Å². The number of amides is 1. The zero-order valence-electron chi connectivity index (χ0n) is 11.3. The maximum atomic E-state index is 12.6. The van der Waals surface area contributed by atoms with Gasteiger partial charge in [0.1, 0.15) is 0 Å². The zero-order valence-corrected chi connectivity index (χ0v) is 11.3. The second-order valence-electron chi connectivity index (χ2n) is 6.96. The highest BCUT2D eigenvalue weighted by Gasteiger charge is 2.67. The van der Waals surface area contributed by atoms with E-state index in [2.05, 4.69) is 10.2 Å². The second kappa shape index (κ2) is 3.96. The van der Waals surface area contributed by atoms with E-state index in [-0.39, 0.29) is 0 Å². The normalized spacial score (nSPS) is 48.9. The van der Waals surface area contributed by atoms with E-state index in [9.17, 15) is 4.79 Å². The smallest absolute Gasteiger partial charge is 0.226 e. The van der Waals surface area contributed by atoms with Crippen LogP contribution in [0, 0.1) is 29.6 Å². The quantitative estimate of drug-likeness (QED) is 0.803. The van der Waals surface area contributed by atoms with E-state index in [0.29, 0.717) is 17.9 Å². The molecule has 0 radical (unpaired) electrons. The van der Waals surface area contributed by atoms with Crippen molar-refractivity contribution in [2.24, 2.45) is 29.6 Å². The Hall–Kier alpha value is -0.570. The molecule has 0 aromatic rings. The Morgan fingerprint density at radius 1 is 1.17 bits per heavy atom. The van der Waals surface area contributed by atoms with Gasteiger partial charge in [-0.2, -0.15) is 0 Å². The average molecular weight is 248 g/mol. The van der Waals surface area contributed by atoms with E-state index < -0.39 is 0 Å². The molecule has 0 aromatic carbocycles. The number of hydrogen-bond acceptors (Lipinski definition) is 2. The monoisotopic (exact) mass is 248 g/mol. The summed E-state index contributed by atoms with van der Waals surface area (Å²) in [5.41, 5.74) is 0. The van der Waals surface area contributed by atoms with Gasteiger partial charge in [0.05, 0.1) is 0 Å². The molecule has 3 heteroatoms. The highest BCUT2D eigenvalue weighted by Crippen LogP contribution is 2.69. The van der Waals surface area contributed by atoms with Crippen LogP contribution in [-0.4, -0.2) is 37.0 Å². The van der Waals surface area contributed by atoms with Crippen LogP contribution in [0.4, 0.5) is 0 Å². The maximum absolute atomic E-state index is 12.6. The fraction of sp³-hybridized carbons (Fsp3) is 0.933. The SMILES string of the molecule is CN(C(=O)C1C2C3CCC(C3)C12)C1CCCNC1. The van der Waals surface area contributed by atoms with Gasteiger partial charge in [0.15, 0.2) is 0 Å². The number of fused-ring (bicyclic) bond motifs is 5. The lowest BCUT2D eigenvalue weighted by molar-refractivity contribution is -0.134. The molecular weight excluding hydrogens is 224 g/mol. The van der Waals surface area contributed by atoms with Gasteiger partial charge in [0.2, 0.25) is 5.91 Å². The predicted octanol–water partition coefficient (Wildman–Crippen LogP) is 1.49. The molecule has 3 nitrogen and oxygen atoms in total. The maximum Gasteiger partial charge on any atom is 0.226 e. The molecule has 4 aliphatic rings. The van der Waals surface area contributed by atoms with Gasteiger partial charge in [-0.1, -0.05) is 0 Å². The van der Waals surface area contributed by atoms with Crippen molar-refractivity contribution in [3.8, 4) is 0 Å². The fourth-order valence-corrected chi connectivity index (χ4v) is 5.23. The Morgan fingerprint density at radius 2 is 1.89 bits per heavy atom. The molecular formula is C15H24N2O. The van der Waals surface area contributed by atoms with E-state index in [1.165, 1.54) is 32.1 Å². The molecule has 100 valence electrons. The highest BCUT2D eigenvalue weighted by atomic mass is 16.2. The van der Waals surface area contributed by atoms with Crippen LogP contribution in [0.15, 0.2) is 0 Å². The Kier molecular flexibility index (Phi) is 2.48. The van der Waals surface area contributed by atoms with Gasteiger partial charge in [0.25, 0.3) is 0 Å². The minimum atomic E-state index is 0.420. The van der Waals surface area contributed by atoms with E-state index in [4.69, 9.17) is 0 Å². The minimum Gasteiger partial charge on any atom is -0.341 e. The molecule has 1 aliphatic heterocycles. The van der Waals surface area contributed by atoms with Crippen molar-refractivity contribution in [3.63, 3.8) is 0 Å². The van der Waals surface area contributed by atoms with Gasteiger partial charge in [-0.05, 0) is 62.3 Å². The Balaban J connectivity index is 1.42. The molecule has 1 heterocycles. The fourth-order valence-electron chi connectivity index (χ4n) is 5.23. The molecule has 18 heavy (non-hydrogen) atoms. The molecule has 0 aromatic heterocycles. The van der Waals surface area contributed by atoms with Crippen LogP contribution in [0.25, 0.3) is 0 Å². The summed E-state index contributed by atoms with van der Waals surface area (Å²) in [4.78, 5) is 14.7. The van der Waals surface area contributed by atoms with Gasteiger partial charge in [-0.15, -0.1) is 0 Å². The van der Waals surface area contributed by atoms with E-state index >= 15 is 0 Å². The first-order chi connectivity index (χ1) is 8.77. The summed E-state index contributed by atoms with van der Waals surface area (Å²) in [6.07, 6.45) is 6.65. The standard InChI is InChI=1S/C15H24N2O/c1-17(11-3-2-6-16-8-11)15(18)14-12-9-4-5-10(7-9)13(12)14/h9-14,16H,2-8H2,1H3. The number of hydrogen-bond donors (Lipinski definition) is 1. The Morgan fingerprint density at radius 3 is 2.50 bits per heavy atom. The topological polar surface area (TPSA) is 32.3 Å². The van der Waals surface area contributed by atoms with E-state index in [0.717, 1.165) is 36.8 Å². The van der Waals surface area contributed by atoms with Crippen molar-refractivity contribution < 1.29 is 4.79 Å². The third-order valence-corrected chi connectivity index (χ3v) is 6.19. The summed E-state index contributed by atoms with van der Waals surface area (Å²) in [6.45, 7) is 2.12. The molecule has 5 unspecified atom stereocenters. The van der Waals surface area contributed by atoms with Crippen LogP contribution in [0.3, 0.4) is 0 Å². The summed E-state index contributed by atoms with van der Waals surface area (Å²) in [6, 6.07) is 0.449. The number of carbonyl (C=O) groups is 1. The van der Waals surface area contributed by atoms with Crippen molar-refractivity contribution in [1.82, 2.24) is 10.2 Å². The van der Waals surface area contributed by atoms with Gasteiger partial charge in [-0.3, -0.25) is 4.79 Å². The molecule has 4 fully saturated rings. The molecule has 3 aliphatic carbocycles. The molecule has 1 amide bonds. The molecule has 1 N–H and O–H groups in total. The van der Waals surface area contributed by atoms with E-state index in [1.54, 1.807) is 0 Å². The number of rotatable bonds is 2. The number of carbonyl (C=O) groups excluding carboxylic acids is 1. The summed E-state index contributed by atoms with van der Waals surface area (Å²) in [5, 5.41) is 3.42. The van der Waals surface area contributed by atoms with Crippen molar-refractivity contribution >= 4 is 5.91 Å². The second-order valence-corrected chi connectivity index (χ2v) is 6.96. The van der Waals surface area contributed by atoms with Gasteiger partial charge in [0, 0.05) is 25.6 Å². The van der Waals surface area contributed by atoms with E-state index in [1.807, 2.05) is 7.05 Å². The van der Waals surface area contributed by atoms with Crippen LogP contribution in [-0.2, 0) is 4.79 Å². The van der Waals surface area contributed by atoms with Crippen molar-refractivity contribution in [1.29, 1.82) is 0 Å². The number of piperidine rings is 1. The molecule has 1 saturated heterocycles. The Bertz CT molecular complexity index is 348. The van der Waals surface area contributed by atoms with Gasteiger partial charge in [-0.25, -0.2) is 0 Å². The third-order valence-electron chi connectivity index (χ3n) is 6.19. The predicted molar refractivity (Wildman–Crippen MR) is 70.0 cm³/mol. The molecule has 2 bridgehead atoms. The number of likely N-dealkylation sites (N-methyl/N-ethyl adjacent to an activating group) is 1. The number of nitrogens with one attached hydrogen (secondary N) is 1. The van der Waals surface area contributed by atoms with Gasteiger partial charge >= 0.3 is 0 Å². The Labute approximate surface area is 109 Å². The van der Waals surface area contributed by atoms with Gasteiger partial charge < -0.3 is 10.2 Å². The minimum absolute atomic E-state index is 0.420. The number of nitrogens with zero attached hydrogens (tertiary/aromatic N) is 1. The summed E-state index contributed by atoms with van der Waals surface area (Å²) in [5.74, 6) is 4.28. The first-order valence-corrected chi connectivity index (χ1v) is 7.75. The first kappa shape index (κ1) is 11.3. The van der Waals surface area contributed by atoms with Crippen LogP contribution >= 0.6 is 0 Å². The van der Waals surface area contributed by atoms with Crippen LogP contribution in [0.2, 0.25) is 0 Å². The first-order valence-electron chi connectivity index (χ1n) is 7.75. The summed E-state index contributed by atoms with van der Waals surface area (Å²) >= 11 is 0. The lowest BCUT2D eigenvalue weighted by atomic mass is 10.00. The van der Waals surface area contributed by atoms with Crippen LogP contribution < -0.4 is 5.32 Å². The molecule has 0 spiro atoms. The summed E-state index contributed by atoms with van der Waals surface area (Å²) in [7, 11) is 2.04.